The van der Waals surface area contributed by atoms with Crippen LogP contribution in [-0.2, 0) is 14.4 Å². The van der Waals surface area contributed by atoms with Gasteiger partial charge < -0.3 is 10.1 Å². The monoisotopic (exact) mass is 485 g/mol. The van der Waals surface area contributed by atoms with Gasteiger partial charge in [0.15, 0.2) is 0 Å². The fourth-order valence-electron chi connectivity index (χ4n) is 6.94. The molecule has 33 heavy (non-hydrogen) atoms. The maximum absolute atomic E-state index is 13.6. The Bertz CT molecular complexity index is 1220. The molecule has 4 aliphatic rings. The normalized spacial score (nSPS) is 35.0. The van der Waals surface area contributed by atoms with Gasteiger partial charge in [-0.05, 0) is 41.7 Å². The lowest BCUT2D eigenvalue weighted by Crippen LogP contribution is -2.49. The molecule has 0 spiro atoms. The van der Waals surface area contributed by atoms with Gasteiger partial charge in [-0.1, -0.05) is 31.3 Å². The average Bonchev–Trinajstić information content (AvgIpc) is 3.49. The molecule has 3 fully saturated rings. The van der Waals surface area contributed by atoms with Crippen molar-refractivity contribution in [3.8, 4) is 0 Å². The van der Waals surface area contributed by atoms with E-state index >= 15 is 0 Å². The number of thioether (sulfide) groups is 1. The van der Waals surface area contributed by atoms with Gasteiger partial charge in [0.25, 0.3) is 0 Å². The highest BCUT2D eigenvalue weighted by Gasteiger charge is 2.70. The Morgan fingerprint density at radius 2 is 1.94 bits per heavy atom. The van der Waals surface area contributed by atoms with Crippen molar-refractivity contribution in [2.45, 2.75) is 42.5 Å². The fourth-order valence-corrected chi connectivity index (χ4v) is 9.83. The standard InChI is InChI=1S/C23H23N3O5S2/c1-8(2)16(22(29)30)26-20(27)14-10-6-11(15(14)21(26)28)17-13(10)12(9-4-3-5-24-7-9)18-19(32-17)25-23(31)33-18/h3-5,7-8,10-17H,6H2,1-2H3,(H,25,31)(H,29,30)/t10-,11+,12+,13+,14+,15+,16-,17-/m1/s1. The highest BCUT2D eigenvalue weighted by atomic mass is 32.2. The van der Waals surface area contributed by atoms with Crippen LogP contribution in [-0.4, -0.2) is 49.0 Å². The first-order valence-corrected chi connectivity index (χ1v) is 12.9. The van der Waals surface area contributed by atoms with Crippen LogP contribution in [0.15, 0.2) is 34.3 Å². The maximum atomic E-state index is 13.6. The quantitative estimate of drug-likeness (QED) is 0.638. The predicted molar refractivity (Wildman–Crippen MR) is 121 cm³/mol. The molecule has 2 aliphatic heterocycles. The van der Waals surface area contributed by atoms with Crippen molar-refractivity contribution in [1.82, 2.24) is 14.9 Å². The van der Waals surface area contributed by atoms with Crippen molar-refractivity contribution in [3.05, 3.63) is 44.6 Å². The van der Waals surface area contributed by atoms with Crippen LogP contribution in [0.2, 0.25) is 0 Å². The Hall–Kier alpha value is -2.46. The van der Waals surface area contributed by atoms with Gasteiger partial charge in [-0.2, -0.15) is 0 Å². The smallest absolute Gasteiger partial charge is 0.327 e. The van der Waals surface area contributed by atoms with E-state index in [1.165, 1.54) is 11.3 Å². The van der Waals surface area contributed by atoms with Crippen LogP contribution in [0.25, 0.3) is 0 Å². The number of H-pyrrole nitrogens is 1. The van der Waals surface area contributed by atoms with Gasteiger partial charge in [0.2, 0.25) is 11.8 Å². The minimum Gasteiger partial charge on any atom is -0.480 e. The van der Waals surface area contributed by atoms with Gasteiger partial charge in [-0.15, -0.1) is 11.8 Å². The summed E-state index contributed by atoms with van der Waals surface area (Å²) in [6.45, 7) is 3.45. The molecule has 6 rings (SSSR count). The number of nitrogens with zero attached hydrogens (tertiary/aromatic N) is 2. The van der Waals surface area contributed by atoms with E-state index in [2.05, 4.69) is 9.97 Å². The van der Waals surface area contributed by atoms with Crippen LogP contribution < -0.4 is 4.87 Å². The lowest BCUT2D eigenvalue weighted by molar-refractivity contribution is -0.157. The zero-order valence-corrected chi connectivity index (χ0v) is 19.6. The van der Waals surface area contributed by atoms with Crippen molar-refractivity contribution in [2.75, 3.05) is 0 Å². The number of carboxylic acid groups (broad SMARTS) is 1. The number of carbonyl (C=O) groups excluding carboxylic acids is 2. The van der Waals surface area contributed by atoms with Crippen LogP contribution in [0, 0.1) is 35.5 Å². The summed E-state index contributed by atoms with van der Waals surface area (Å²) in [6, 6.07) is 2.75. The summed E-state index contributed by atoms with van der Waals surface area (Å²) in [5.74, 6) is -3.17. The molecule has 10 heteroatoms. The molecule has 2 saturated carbocycles. The molecule has 4 heterocycles. The summed E-state index contributed by atoms with van der Waals surface area (Å²) >= 11 is 2.83. The topological polar surface area (TPSA) is 120 Å². The largest absolute Gasteiger partial charge is 0.480 e. The second-order valence-electron chi connectivity index (χ2n) is 9.82. The number of carbonyl (C=O) groups is 3. The van der Waals surface area contributed by atoms with Gasteiger partial charge in [0, 0.05) is 28.4 Å². The molecular weight excluding hydrogens is 462 g/mol. The summed E-state index contributed by atoms with van der Waals surface area (Å²) in [5, 5.41) is 10.7. The lowest BCUT2D eigenvalue weighted by Gasteiger charge is -2.42. The van der Waals surface area contributed by atoms with Crippen LogP contribution in [0.1, 0.15) is 36.6 Å². The molecule has 1 saturated heterocycles. The number of aliphatic carboxylic acids is 1. The molecule has 8 nitrogen and oxygen atoms in total. The third-order valence-electron chi connectivity index (χ3n) is 7.96. The van der Waals surface area contributed by atoms with Crippen LogP contribution in [0.4, 0.5) is 0 Å². The number of hydrogen-bond donors (Lipinski definition) is 2. The third kappa shape index (κ3) is 2.79. The Labute approximate surface area is 197 Å². The number of thiazole rings is 1. The number of hydrogen-bond acceptors (Lipinski definition) is 7. The number of pyridine rings is 1. The molecule has 2 aromatic rings. The van der Waals surface area contributed by atoms with E-state index < -0.39 is 23.8 Å². The number of carboxylic acids is 1. The molecule has 0 unspecified atom stereocenters. The number of likely N-dealkylation sites (tertiary alicyclic amines) is 1. The number of amides is 2. The van der Waals surface area contributed by atoms with Crippen molar-refractivity contribution in [3.63, 3.8) is 0 Å². The summed E-state index contributed by atoms with van der Waals surface area (Å²) in [5.41, 5.74) is 1.01. The molecule has 2 N–H and O–H groups in total. The number of imide groups is 1. The zero-order valence-electron chi connectivity index (χ0n) is 18.0. The van der Waals surface area contributed by atoms with Gasteiger partial charge in [0.1, 0.15) is 6.04 Å². The number of nitrogens with one attached hydrogen (secondary N) is 1. The third-order valence-corrected chi connectivity index (χ3v) is 10.6. The zero-order chi connectivity index (χ0) is 23.2. The minimum absolute atomic E-state index is 0.0196. The van der Waals surface area contributed by atoms with E-state index in [0.29, 0.717) is 0 Å². The first kappa shape index (κ1) is 21.1. The first-order chi connectivity index (χ1) is 15.8. The highest BCUT2D eigenvalue weighted by Crippen LogP contribution is 2.68. The molecule has 172 valence electrons. The molecule has 0 aromatic carbocycles. The maximum Gasteiger partial charge on any atom is 0.327 e. The van der Waals surface area contributed by atoms with Crippen LogP contribution >= 0.6 is 23.1 Å². The van der Waals surface area contributed by atoms with Crippen LogP contribution in [0.3, 0.4) is 0 Å². The predicted octanol–water partition coefficient (Wildman–Crippen LogP) is 2.41. The number of aromatic nitrogens is 2. The molecule has 0 radical (unpaired) electrons. The fraction of sp³-hybridized carbons (Fsp3) is 0.522. The first-order valence-electron chi connectivity index (χ1n) is 11.2. The van der Waals surface area contributed by atoms with Gasteiger partial charge in [0.05, 0.1) is 16.9 Å². The number of aromatic amines is 1. The summed E-state index contributed by atoms with van der Waals surface area (Å²) in [7, 11) is 0. The van der Waals surface area contributed by atoms with E-state index in [-0.39, 0.29) is 51.5 Å². The highest BCUT2D eigenvalue weighted by molar-refractivity contribution is 8.00. The Kier molecular flexibility index (Phi) is 4.65. The molecule has 2 aliphatic carbocycles. The van der Waals surface area contributed by atoms with Crippen LogP contribution in [0.5, 0.6) is 0 Å². The Morgan fingerprint density at radius 1 is 1.21 bits per heavy atom. The van der Waals surface area contributed by atoms with Crippen molar-refractivity contribution < 1.29 is 19.5 Å². The molecule has 2 amide bonds. The van der Waals surface area contributed by atoms with E-state index in [1.807, 2.05) is 18.3 Å². The van der Waals surface area contributed by atoms with Gasteiger partial charge >= 0.3 is 10.8 Å². The summed E-state index contributed by atoms with van der Waals surface area (Å²) in [6.07, 6.45) is 4.31. The van der Waals surface area contributed by atoms with E-state index in [9.17, 15) is 24.3 Å². The second kappa shape index (κ2) is 7.27. The second-order valence-corrected chi connectivity index (χ2v) is 12.0. The SMILES string of the molecule is CC(C)[C@H](C(=O)O)N1C(=O)[C@H]2[C@@H]3C[C@@H]([C@@H]2C1=O)[C@H]1[C@H](c2cccnc2)c2sc(=O)[nH]c2S[C@H]31. The van der Waals surface area contributed by atoms with Gasteiger partial charge in [-0.25, -0.2) is 4.79 Å². The number of fused-ring (bicyclic) bond motifs is 9. The van der Waals surface area contributed by atoms with Crippen molar-refractivity contribution >= 4 is 40.9 Å². The molecule has 2 aromatic heterocycles. The minimum atomic E-state index is -1.14. The van der Waals surface area contributed by atoms with E-state index in [0.717, 1.165) is 26.8 Å². The molecular formula is C23H23N3O5S2. The van der Waals surface area contributed by atoms with E-state index in [1.54, 1.807) is 31.8 Å². The van der Waals surface area contributed by atoms with E-state index in [4.69, 9.17) is 0 Å². The molecule has 2 bridgehead atoms. The Balaban J connectivity index is 1.44. The lowest BCUT2D eigenvalue weighted by atomic mass is 9.68. The van der Waals surface area contributed by atoms with Crippen molar-refractivity contribution in [2.24, 2.45) is 35.5 Å². The average molecular weight is 486 g/mol. The summed E-state index contributed by atoms with van der Waals surface area (Å²) < 4.78 is 0. The molecule has 8 atom stereocenters. The summed E-state index contributed by atoms with van der Waals surface area (Å²) in [4.78, 5) is 60.5. The Morgan fingerprint density at radius 3 is 2.58 bits per heavy atom. The van der Waals surface area contributed by atoms with Crippen molar-refractivity contribution in [1.29, 1.82) is 0 Å². The van der Waals surface area contributed by atoms with Gasteiger partial charge in [-0.3, -0.25) is 24.3 Å². The number of rotatable bonds is 4.